The molecule has 0 amide bonds. The van der Waals surface area contributed by atoms with E-state index in [0.717, 1.165) is 12.8 Å². The molecule has 82 valence electrons. The Morgan fingerprint density at radius 2 is 2.27 bits per heavy atom. The topological polar surface area (TPSA) is 20.2 Å². The van der Waals surface area contributed by atoms with Gasteiger partial charge in [-0.1, -0.05) is 25.1 Å². The summed E-state index contributed by atoms with van der Waals surface area (Å²) in [5.41, 5.74) is 4.45. The number of aryl methyl sites for hydroxylation is 2. The van der Waals surface area contributed by atoms with Crippen LogP contribution in [0.15, 0.2) is 18.2 Å². The lowest BCUT2D eigenvalue weighted by atomic mass is 9.80. The van der Waals surface area contributed by atoms with Crippen LogP contribution in [0, 0.1) is 0 Å². The SMILES string of the molecule is CCc1ccc2c(c1)C(CCO)CCC2. The summed E-state index contributed by atoms with van der Waals surface area (Å²) in [6, 6.07) is 6.90. The van der Waals surface area contributed by atoms with Gasteiger partial charge in [0.25, 0.3) is 0 Å². The van der Waals surface area contributed by atoms with Crippen LogP contribution >= 0.6 is 0 Å². The smallest absolute Gasteiger partial charge is 0.0436 e. The van der Waals surface area contributed by atoms with Gasteiger partial charge in [0.05, 0.1) is 0 Å². The Bertz CT molecular complexity index is 330. The fourth-order valence-electron chi connectivity index (χ4n) is 2.62. The van der Waals surface area contributed by atoms with E-state index >= 15 is 0 Å². The monoisotopic (exact) mass is 204 g/mol. The van der Waals surface area contributed by atoms with Crippen LogP contribution < -0.4 is 0 Å². The van der Waals surface area contributed by atoms with Crippen molar-refractivity contribution in [2.75, 3.05) is 6.61 Å². The molecule has 0 saturated carbocycles. The maximum absolute atomic E-state index is 9.07. The van der Waals surface area contributed by atoms with Gasteiger partial charge < -0.3 is 5.11 Å². The first-order valence-electron chi connectivity index (χ1n) is 6.07. The highest BCUT2D eigenvalue weighted by Gasteiger charge is 2.19. The van der Waals surface area contributed by atoms with E-state index in [9.17, 15) is 0 Å². The molecule has 0 spiro atoms. The lowest BCUT2D eigenvalue weighted by Gasteiger charge is -2.25. The molecule has 1 aliphatic carbocycles. The fourth-order valence-corrected chi connectivity index (χ4v) is 2.62. The summed E-state index contributed by atoms with van der Waals surface area (Å²) in [6.07, 6.45) is 5.80. The van der Waals surface area contributed by atoms with E-state index in [1.54, 1.807) is 0 Å². The van der Waals surface area contributed by atoms with E-state index in [-0.39, 0.29) is 0 Å². The fraction of sp³-hybridized carbons (Fsp3) is 0.571. The zero-order valence-electron chi connectivity index (χ0n) is 9.50. The van der Waals surface area contributed by atoms with Crippen molar-refractivity contribution in [2.24, 2.45) is 0 Å². The molecule has 0 radical (unpaired) electrons. The molecule has 1 aromatic rings. The van der Waals surface area contributed by atoms with Gasteiger partial charge in [0.2, 0.25) is 0 Å². The van der Waals surface area contributed by atoms with Gasteiger partial charge in [-0.2, -0.15) is 0 Å². The Hall–Kier alpha value is -0.820. The van der Waals surface area contributed by atoms with E-state index < -0.39 is 0 Å². The minimum Gasteiger partial charge on any atom is -0.396 e. The van der Waals surface area contributed by atoms with Gasteiger partial charge >= 0.3 is 0 Å². The third kappa shape index (κ3) is 2.23. The Balaban J connectivity index is 2.30. The minimum absolute atomic E-state index is 0.320. The molecule has 0 aliphatic heterocycles. The molecular formula is C14H20O. The third-order valence-corrected chi connectivity index (χ3v) is 3.53. The molecule has 1 N–H and O–H groups in total. The number of aliphatic hydroxyl groups excluding tert-OH is 1. The molecule has 1 heteroatoms. The normalized spacial score (nSPS) is 20.0. The highest BCUT2D eigenvalue weighted by atomic mass is 16.3. The molecule has 15 heavy (non-hydrogen) atoms. The van der Waals surface area contributed by atoms with Crippen molar-refractivity contribution >= 4 is 0 Å². The third-order valence-electron chi connectivity index (χ3n) is 3.53. The molecule has 1 aromatic carbocycles. The van der Waals surface area contributed by atoms with E-state index in [2.05, 4.69) is 25.1 Å². The average Bonchev–Trinajstić information content (AvgIpc) is 2.29. The van der Waals surface area contributed by atoms with Crippen LogP contribution in [0.4, 0.5) is 0 Å². The van der Waals surface area contributed by atoms with Crippen molar-refractivity contribution in [3.8, 4) is 0 Å². The predicted molar refractivity (Wildman–Crippen MR) is 63.2 cm³/mol. The molecule has 0 heterocycles. The lowest BCUT2D eigenvalue weighted by Crippen LogP contribution is -2.11. The van der Waals surface area contributed by atoms with E-state index in [1.807, 2.05) is 0 Å². The molecule has 1 unspecified atom stereocenters. The Morgan fingerprint density at radius 1 is 1.40 bits per heavy atom. The molecule has 2 rings (SSSR count). The molecule has 0 fully saturated rings. The van der Waals surface area contributed by atoms with Crippen molar-refractivity contribution in [3.05, 3.63) is 34.9 Å². The predicted octanol–water partition coefficient (Wildman–Crippen LogP) is 3.05. The number of hydrogen-bond acceptors (Lipinski definition) is 1. The molecule has 0 aromatic heterocycles. The molecular weight excluding hydrogens is 184 g/mol. The summed E-state index contributed by atoms with van der Waals surface area (Å²) in [5, 5.41) is 9.07. The summed E-state index contributed by atoms with van der Waals surface area (Å²) >= 11 is 0. The van der Waals surface area contributed by atoms with Gasteiger partial charge in [-0.3, -0.25) is 0 Å². The van der Waals surface area contributed by atoms with Crippen LogP contribution in [-0.2, 0) is 12.8 Å². The van der Waals surface area contributed by atoms with Crippen molar-refractivity contribution < 1.29 is 5.11 Å². The van der Waals surface area contributed by atoms with Crippen molar-refractivity contribution in [2.45, 2.75) is 44.9 Å². The Kier molecular flexibility index (Phi) is 3.42. The molecule has 0 bridgehead atoms. The second-order valence-electron chi connectivity index (χ2n) is 4.49. The van der Waals surface area contributed by atoms with Crippen LogP contribution in [-0.4, -0.2) is 11.7 Å². The first kappa shape index (κ1) is 10.7. The molecule has 0 saturated heterocycles. The number of benzene rings is 1. The molecule has 1 nitrogen and oxygen atoms in total. The van der Waals surface area contributed by atoms with E-state index in [0.29, 0.717) is 12.5 Å². The van der Waals surface area contributed by atoms with Gasteiger partial charge in [-0.15, -0.1) is 0 Å². The zero-order valence-corrected chi connectivity index (χ0v) is 9.50. The van der Waals surface area contributed by atoms with Gasteiger partial charge in [0.1, 0.15) is 0 Å². The van der Waals surface area contributed by atoms with Gasteiger partial charge in [0.15, 0.2) is 0 Å². The number of hydrogen-bond donors (Lipinski definition) is 1. The van der Waals surface area contributed by atoms with Crippen LogP contribution in [0.2, 0.25) is 0 Å². The first-order chi connectivity index (χ1) is 7.35. The summed E-state index contributed by atoms with van der Waals surface area (Å²) < 4.78 is 0. The Morgan fingerprint density at radius 3 is 3.00 bits per heavy atom. The number of rotatable bonds is 3. The molecule has 1 atom stereocenters. The minimum atomic E-state index is 0.320. The summed E-state index contributed by atoms with van der Waals surface area (Å²) in [4.78, 5) is 0. The zero-order chi connectivity index (χ0) is 10.7. The highest BCUT2D eigenvalue weighted by molar-refractivity contribution is 5.36. The highest BCUT2D eigenvalue weighted by Crippen LogP contribution is 2.34. The van der Waals surface area contributed by atoms with Gasteiger partial charge in [-0.05, 0) is 54.7 Å². The standard InChI is InChI=1S/C14H20O/c1-2-11-6-7-12-4-3-5-13(8-9-15)14(12)10-11/h6-7,10,13,15H,2-5,8-9H2,1H3. The summed E-state index contributed by atoms with van der Waals surface area (Å²) in [6.45, 7) is 2.52. The van der Waals surface area contributed by atoms with E-state index in [4.69, 9.17) is 5.11 Å². The maximum Gasteiger partial charge on any atom is 0.0436 e. The first-order valence-corrected chi connectivity index (χ1v) is 6.07. The van der Waals surface area contributed by atoms with Crippen LogP contribution in [0.3, 0.4) is 0 Å². The van der Waals surface area contributed by atoms with Crippen molar-refractivity contribution in [1.29, 1.82) is 0 Å². The summed E-state index contributed by atoms with van der Waals surface area (Å²) in [7, 11) is 0. The van der Waals surface area contributed by atoms with Gasteiger partial charge in [-0.25, -0.2) is 0 Å². The quantitative estimate of drug-likeness (QED) is 0.802. The number of aliphatic hydroxyl groups is 1. The van der Waals surface area contributed by atoms with Gasteiger partial charge in [0, 0.05) is 6.61 Å². The molecule has 1 aliphatic rings. The maximum atomic E-state index is 9.07. The second kappa shape index (κ2) is 4.80. The van der Waals surface area contributed by atoms with Crippen molar-refractivity contribution in [3.63, 3.8) is 0 Å². The van der Waals surface area contributed by atoms with Crippen LogP contribution in [0.5, 0.6) is 0 Å². The van der Waals surface area contributed by atoms with Crippen molar-refractivity contribution in [1.82, 2.24) is 0 Å². The van der Waals surface area contributed by atoms with Crippen LogP contribution in [0.25, 0.3) is 0 Å². The number of fused-ring (bicyclic) bond motifs is 1. The largest absolute Gasteiger partial charge is 0.396 e. The Labute approximate surface area is 92.1 Å². The van der Waals surface area contributed by atoms with Crippen LogP contribution in [0.1, 0.15) is 48.8 Å². The lowest BCUT2D eigenvalue weighted by molar-refractivity contribution is 0.269. The van der Waals surface area contributed by atoms with E-state index in [1.165, 1.54) is 36.0 Å². The second-order valence-corrected chi connectivity index (χ2v) is 4.49. The summed E-state index contributed by atoms with van der Waals surface area (Å²) in [5.74, 6) is 0.602. The average molecular weight is 204 g/mol.